The first-order chi connectivity index (χ1) is 17.8. The van der Waals surface area contributed by atoms with Crippen LogP contribution in [0.25, 0.3) is 17.2 Å². The molecule has 3 aromatic heterocycles. The number of aromatic nitrogens is 4. The van der Waals surface area contributed by atoms with E-state index in [4.69, 9.17) is 4.98 Å². The highest BCUT2D eigenvalue weighted by atomic mass is 16.1. The van der Waals surface area contributed by atoms with Crippen LogP contribution in [0.2, 0.25) is 0 Å². The number of H-pyrrole nitrogens is 1. The molecule has 7 nitrogen and oxygen atoms in total. The summed E-state index contributed by atoms with van der Waals surface area (Å²) in [6.45, 7) is 13.9. The number of ketones is 1. The lowest BCUT2D eigenvalue weighted by molar-refractivity contribution is 0.103. The van der Waals surface area contributed by atoms with Gasteiger partial charge in [0.1, 0.15) is 11.5 Å². The van der Waals surface area contributed by atoms with Crippen molar-refractivity contribution < 1.29 is 4.79 Å². The van der Waals surface area contributed by atoms with Crippen molar-refractivity contribution in [1.29, 1.82) is 0 Å². The summed E-state index contributed by atoms with van der Waals surface area (Å²) in [4.78, 5) is 42.6. The number of allylic oxidation sites excluding steroid dienone is 3. The van der Waals surface area contributed by atoms with E-state index in [2.05, 4.69) is 52.4 Å². The van der Waals surface area contributed by atoms with Gasteiger partial charge in [0.05, 0.1) is 0 Å². The Bertz CT molecular complexity index is 1450. The van der Waals surface area contributed by atoms with Crippen LogP contribution in [0.4, 0.5) is 0 Å². The van der Waals surface area contributed by atoms with Crippen LogP contribution < -0.4 is 5.56 Å². The molecule has 7 heteroatoms. The Hall–Kier alpha value is -4.13. The Balaban J connectivity index is 0.00000102. The van der Waals surface area contributed by atoms with Gasteiger partial charge in [0.25, 0.3) is 5.56 Å². The molecule has 0 unspecified atom stereocenters. The first-order valence-electron chi connectivity index (χ1n) is 12.5. The molecule has 0 spiro atoms. The second-order valence-corrected chi connectivity index (χ2v) is 9.30. The van der Waals surface area contributed by atoms with Gasteiger partial charge in [-0.25, -0.2) is 4.98 Å². The number of aromatic amines is 1. The van der Waals surface area contributed by atoms with Gasteiger partial charge in [-0.3, -0.25) is 19.6 Å². The second-order valence-electron chi connectivity index (χ2n) is 9.30. The SMILES string of the molecule is C=C(/C(C)=C\c1nc(C(=O)C2=C[CH]2)cc(=O)[nH]1)N1CCc2ncc(-c3ccc(C)nc3)cc2C1.CCC. The number of hydrogen-bond donors (Lipinski definition) is 1. The third-order valence-corrected chi connectivity index (χ3v) is 6.06. The fraction of sp³-hybridized carbons (Fsp3) is 0.267. The van der Waals surface area contributed by atoms with Gasteiger partial charge in [0, 0.05) is 78.2 Å². The lowest BCUT2D eigenvalue weighted by Gasteiger charge is -2.32. The average molecular weight is 495 g/mol. The standard InChI is InChI=1S/C27H24N5O2.C3H8/c1-16(10-25-30-24(12-26(33)31-25)27(34)19-6-7-19)18(3)32-9-8-23-22(15-32)11-21(14-29-23)20-5-4-17(2)28-13-20;1-3-2/h4-7,10-14H,3,8-9,15H2,1-2H3,(H,30,31,33);3H2,1-2H3/b16-10-;. The summed E-state index contributed by atoms with van der Waals surface area (Å²) in [6, 6.07) is 7.46. The van der Waals surface area contributed by atoms with E-state index in [0.29, 0.717) is 17.9 Å². The van der Waals surface area contributed by atoms with Crippen LogP contribution in [0.3, 0.4) is 0 Å². The van der Waals surface area contributed by atoms with E-state index < -0.39 is 0 Å². The van der Waals surface area contributed by atoms with E-state index in [1.54, 1.807) is 18.6 Å². The number of aryl methyl sites for hydroxylation is 1. The summed E-state index contributed by atoms with van der Waals surface area (Å²) >= 11 is 0. The van der Waals surface area contributed by atoms with E-state index in [-0.39, 0.29) is 17.0 Å². The minimum atomic E-state index is -0.361. The molecule has 4 heterocycles. The zero-order valence-corrected chi connectivity index (χ0v) is 21.8. The van der Waals surface area contributed by atoms with Crippen molar-refractivity contribution in [2.24, 2.45) is 0 Å². The summed E-state index contributed by atoms with van der Waals surface area (Å²) in [7, 11) is 0. The van der Waals surface area contributed by atoms with E-state index in [0.717, 1.165) is 52.3 Å². The fourth-order valence-corrected chi connectivity index (χ4v) is 3.99. The molecule has 2 aliphatic rings. The smallest absolute Gasteiger partial charge is 0.251 e. The summed E-state index contributed by atoms with van der Waals surface area (Å²) in [6.07, 6.45) is 11.0. The topological polar surface area (TPSA) is 91.8 Å². The average Bonchev–Trinajstić information content (AvgIpc) is 3.73. The van der Waals surface area contributed by atoms with Gasteiger partial charge in [-0.1, -0.05) is 39.0 Å². The molecule has 3 aromatic rings. The Labute approximate surface area is 217 Å². The fourth-order valence-electron chi connectivity index (χ4n) is 3.99. The van der Waals surface area contributed by atoms with Crippen molar-refractivity contribution in [1.82, 2.24) is 24.8 Å². The Morgan fingerprint density at radius 1 is 1.16 bits per heavy atom. The van der Waals surface area contributed by atoms with Crippen molar-refractivity contribution >= 4 is 11.9 Å². The van der Waals surface area contributed by atoms with Gasteiger partial charge in [-0.05, 0) is 43.2 Å². The monoisotopic (exact) mass is 494 g/mol. The lowest BCUT2D eigenvalue weighted by Crippen LogP contribution is -2.30. The van der Waals surface area contributed by atoms with Crippen LogP contribution in [0.1, 0.15) is 60.5 Å². The van der Waals surface area contributed by atoms with Gasteiger partial charge in [-0.2, -0.15) is 0 Å². The first-order valence-corrected chi connectivity index (χ1v) is 12.5. The van der Waals surface area contributed by atoms with E-state index in [1.165, 1.54) is 12.5 Å². The normalized spacial score (nSPS) is 14.2. The van der Waals surface area contributed by atoms with Crippen LogP contribution in [0.5, 0.6) is 0 Å². The highest BCUT2D eigenvalue weighted by molar-refractivity contribution is 6.12. The molecule has 0 bridgehead atoms. The number of Topliss-reactive ketones (excluding diaryl/α,β-unsaturated/α-hetero) is 1. The minimum Gasteiger partial charge on any atom is -0.367 e. The molecule has 1 N–H and O–H groups in total. The van der Waals surface area contributed by atoms with Gasteiger partial charge in [0.15, 0.2) is 0 Å². The molecular weight excluding hydrogens is 462 g/mol. The van der Waals surface area contributed by atoms with Gasteiger partial charge >= 0.3 is 0 Å². The summed E-state index contributed by atoms with van der Waals surface area (Å²) in [5.74, 6) is 0.0981. The molecule has 189 valence electrons. The molecule has 0 aromatic carbocycles. The number of hydrogen-bond acceptors (Lipinski definition) is 6. The first kappa shape index (κ1) is 25.9. The number of nitrogens with one attached hydrogen (secondary N) is 1. The maximum Gasteiger partial charge on any atom is 0.251 e. The third-order valence-electron chi connectivity index (χ3n) is 6.06. The zero-order valence-electron chi connectivity index (χ0n) is 21.8. The molecule has 0 fully saturated rings. The minimum absolute atomic E-state index is 0.143. The highest BCUT2D eigenvalue weighted by Gasteiger charge is 2.22. The lowest BCUT2D eigenvalue weighted by atomic mass is 10.00. The number of carbonyl (C=O) groups excluding carboxylic acids is 1. The van der Waals surface area contributed by atoms with Gasteiger partial charge < -0.3 is 9.88 Å². The van der Waals surface area contributed by atoms with Crippen LogP contribution in [0, 0.1) is 13.3 Å². The molecule has 37 heavy (non-hydrogen) atoms. The van der Waals surface area contributed by atoms with Crippen LogP contribution in [-0.4, -0.2) is 37.2 Å². The predicted molar refractivity (Wildman–Crippen MR) is 147 cm³/mol. The number of carbonyl (C=O) groups is 1. The molecule has 0 amide bonds. The molecule has 1 aliphatic heterocycles. The van der Waals surface area contributed by atoms with Crippen molar-refractivity contribution in [3.8, 4) is 11.1 Å². The van der Waals surface area contributed by atoms with Crippen LogP contribution >= 0.6 is 0 Å². The number of rotatable bonds is 6. The summed E-state index contributed by atoms with van der Waals surface area (Å²) in [5, 5.41) is 0. The molecule has 1 radical (unpaired) electrons. The quantitative estimate of drug-likeness (QED) is 0.372. The molecule has 0 saturated heterocycles. The maximum atomic E-state index is 12.3. The molecule has 1 aliphatic carbocycles. The van der Waals surface area contributed by atoms with Crippen LogP contribution in [-0.2, 0) is 13.0 Å². The zero-order chi connectivity index (χ0) is 26.5. The summed E-state index contributed by atoms with van der Waals surface area (Å²) in [5.41, 5.74) is 7.37. The van der Waals surface area contributed by atoms with Crippen molar-refractivity contribution in [2.75, 3.05) is 6.54 Å². The largest absolute Gasteiger partial charge is 0.367 e. The highest BCUT2D eigenvalue weighted by Crippen LogP contribution is 2.28. The van der Waals surface area contributed by atoms with E-state index >= 15 is 0 Å². The number of pyridine rings is 2. The van der Waals surface area contributed by atoms with Gasteiger partial charge in [0.2, 0.25) is 5.78 Å². The van der Waals surface area contributed by atoms with Crippen molar-refractivity contribution in [3.05, 3.63) is 111 Å². The Kier molecular flexibility index (Phi) is 7.92. The maximum absolute atomic E-state index is 12.3. The number of nitrogens with zero attached hydrogens (tertiary/aromatic N) is 4. The second kappa shape index (κ2) is 11.3. The molecular formula is C30H32N5O2. The predicted octanol–water partition coefficient (Wildman–Crippen LogP) is 5.25. The molecule has 0 atom stereocenters. The third kappa shape index (κ3) is 6.36. The molecule has 0 saturated carbocycles. The van der Waals surface area contributed by atoms with Gasteiger partial charge in [-0.15, -0.1) is 0 Å². The van der Waals surface area contributed by atoms with E-state index in [9.17, 15) is 9.59 Å². The van der Waals surface area contributed by atoms with Crippen LogP contribution in [0.15, 0.2) is 71.0 Å². The number of fused-ring (bicyclic) bond motifs is 1. The molecule has 5 rings (SSSR count). The Morgan fingerprint density at radius 2 is 1.89 bits per heavy atom. The Morgan fingerprint density at radius 3 is 2.57 bits per heavy atom. The summed E-state index contributed by atoms with van der Waals surface area (Å²) < 4.78 is 0. The van der Waals surface area contributed by atoms with Crippen molar-refractivity contribution in [3.63, 3.8) is 0 Å². The van der Waals surface area contributed by atoms with Crippen molar-refractivity contribution in [2.45, 2.75) is 47.1 Å². The van der Waals surface area contributed by atoms with E-state index in [1.807, 2.05) is 32.3 Å².